The first-order valence-corrected chi connectivity index (χ1v) is 12.4. The van der Waals surface area contributed by atoms with Gasteiger partial charge in [-0.15, -0.1) is 0 Å². The van der Waals surface area contributed by atoms with Gasteiger partial charge in [0.25, 0.3) is 0 Å². The lowest BCUT2D eigenvalue weighted by molar-refractivity contribution is 1.43. The van der Waals surface area contributed by atoms with Gasteiger partial charge >= 0.3 is 0 Å². The summed E-state index contributed by atoms with van der Waals surface area (Å²) in [6.07, 6.45) is 14.4. The molecule has 0 aliphatic heterocycles. The van der Waals surface area contributed by atoms with Crippen molar-refractivity contribution in [3.05, 3.63) is 170 Å². The minimum absolute atomic E-state index is 0.716. The van der Waals surface area contributed by atoms with Crippen LogP contribution >= 0.6 is 0 Å². The number of aliphatic imine (C=N–C) groups is 1. The molecule has 4 aromatic rings. The van der Waals surface area contributed by atoms with E-state index in [2.05, 4.69) is 127 Å². The van der Waals surface area contributed by atoms with Gasteiger partial charge in [-0.2, -0.15) is 0 Å². The Morgan fingerprint density at radius 2 is 1.16 bits per heavy atom. The van der Waals surface area contributed by atoms with Crippen LogP contribution < -0.4 is 0 Å². The molecule has 0 aliphatic rings. The molecule has 0 aromatic heterocycles. The van der Waals surface area contributed by atoms with Gasteiger partial charge in [0.2, 0.25) is 0 Å². The summed E-state index contributed by atoms with van der Waals surface area (Å²) >= 11 is 0. The highest BCUT2D eigenvalue weighted by atomic mass is 14.7. The molecule has 0 heterocycles. The topological polar surface area (TPSA) is 12.4 Å². The first-order valence-electron chi connectivity index (χ1n) is 12.4. The monoisotopic (exact) mass is 477 g/mol. The predicted octanol–water partition coefficient (Wildman–Crippen LogP) is 9.83. The summed E-state index contributed by atoms with van der Waals surface area (Å²) in [6, 6.07) is 37.9. The van der Waals surface area contributed by atoms with Gasteiger partial charge < -0.3 is 0 Å². The molecule has 37 heavy (non-hydrogen) atoms. The SMILES string of the molecule is C=CC(C/C=C/c1ccc(-c2ccccc2)cc1)=N/C=C/C=C(\C=C)c1ccc(-c2ccccc2)cc1. The molecular formula is C36H31N. The molecule has 0 aliphatic carbocycles. The van der Waals surface area contributed by atoms with Crippen molar-refractivity contribution >= 4 is 17.4 Å². The fourth-order valence-corrected chi connectivity index (χ4v) is 3.98. The number of benzene rings is 4. The van der Waals surface area contributed by atoms with E-state index in [0.29, 0.717) is 6.42 Å². The van der Waals surface area contributed by atoms with E-state index >= 15 is 0 Å². The van der Waals surface area contributed by atoms with E-state index in [0.717, 1.165) is 22.4 Å². The number of hydrogen-bond acceptors (Lipinski definition) is 1. The van der Waals surface area contributed by atoms with Crippen LogP contribution in [0.3, 0.4) is 0 Å². The quantitative estimate of drug-likeness (QED) is 0.159. The van der Waals surface area contributed by atoms with Crippen LogP contribution in [0.25, 0.3) is 33.9 Å². The second-order valence-electron chi connectivity index (χ2n) is 8.53. The second kappa shape index (κ2) is 13.4. The van der Waals surface area contributed by atoms with Gasteiger partial charge in [0.05, 0.1) is 0 Å². The van der Waals surface area contributed by atoms with Crippen LogP contribution in [0.5, 0.6) is 0 Å². The summed E-state index contributed by atoms with van der Waals surface area (Å²) in [5.41, 5.74) is 9.09. The largest absolute Gasteiger partial charge is 0.261 e. The summed E-state index contributed by atoms with van der Waals surface area (Å²) < 4.78 is 0. The van der Waals surface area contributed by atoms with E-state index < -0.39 is 0 Å². The van der Waals surface area contributed by atoms with Gasteiger partial charge in [0.1, 0.15) is 0 Å². The molecule has 0 N–H and O–H groups in total. The highest BCUT2D eigenvalue weighted by Gasteiger charge is 2.00. The van der Waals surface area contributed by atoms with Gasteiger partial charge in [-0.05, 0) is 51.1 Å². The maximum Gasteiger partial charge on any atom is 0.0435 e. The van der Waals surface area contributed by atoms with Gasteiger partial charge in [-0.1, -0.05) is 147 Å². The van der Waals surface area contributed by atoms with Crippen LogP contribution in [-0.2, 0) is 0 Å². The highest BCUT2D eigenvalue weighted by Crippen LogP contribution is 2.23. The average Bonchev–Trinajstić information content (AvgIpc) is 2.97. The summed E-state index contributed by atoms with van der Waals surface area (Å²) in [4.78, 5) is 4.57. The van der Waals surface area contributed by atoms with Crippen molar-refractivity contribution in [2.75, 3.05) is 0 Å². The maximum absolute atomic E-state index is 4.57. The fourth-order valence-electron chi connectivity index (χ4n) is 3.98. The lowest BCUT2D eigenvalue weighted by atomic mass is 10.00. The summed E-state index contributed by atoms with van der Waals surface area (Å²) in [6.45, 7) is 7.89. The van der Waals surface area contributed by atoms with Crippen molar-refractivity contribution in [3.63, 3.8) is 0 Å². The van der Waals surface area contributed by atoms with Crippen LogP contribution in [0.1, 0.15) is 17.5 Å². The molecule has 1 nitrogen and oxygen atoms in total. The smallest absolute Gasteiger partial charge is 0.0435 e. The molecule has 4 rings (SSSR count). The maximum atomic E-state index is 4.57. The fraction of sp³-hybridized carbons (Fsp3) is 0.0278. The normalized spacial score (nSPS) is 12.2. The van der Waals surface area contributed by atoms with Gasteiger partial charge in [0.15, 0.2) is 0 Å². The zero-order chi connectivity index (χ0) is 25.7. The Labute approximate surface area is 220 Å². The molecule has 0 saturated carbocycles. The molecule has 0 unspecified atom stereocenters. The summed E-state index contributed by atoms with van der Waals surface area (Å²) in [5.74, 6) is 0. The number of rotatable bonds is 10. The molecule has 0 atom stereocenters. The standard InChI is InChI=1S/C36H31N/c1-3-30(33-24-26-35(27-25-33)32-16-9-6-10-17-32)18-12-28-37-36(4-2)19-11-13-29-20-22-34(23-21-29)31-14-7-5-8-15-31/h3-18,20-28H,1-2,19H2/b13-11+,28-12+,30-18+,37-36?. The van der Waals surface area contributed by atoms with Gasteiger partial charge in [-0.25, -0.2) is 0 Å². The van der Waals surface area contributed by atoms with Crippen molar-refractivity contribution in [1.82, 2.24) is 0 Å². The van der Waals surface area contributed by atoms with Crippen LogP contribution in [0.2, 0.25) is 0 Å². The Morgan fingerprint density at radius 3 is 1.70 bits per heavy atom. The molecule has 180 valence electrons. The summed E-state index contributed by atoms with van der Waals surface area (Å²) in [7, 11) is 0. The molecule has 0 amide bonds. The third-order valence-corrected chi connectivity index (χ3v) is 6.04. The second-order valence-corrected chi connectivity index (χ2v) is 8.53. The molecule has 1 heteroatoms. The summed E-state index contributed by atoms with van der Waals surface area (Å²) in [5, 5.41) is 0. The van der Waals surface area contributed by atoms with E-state index in [1.807, 2.05) is 30.4 Å². The first kappa shape index (κ1) is 25.3. The van der Waals surface area contributed by atoms with Crippen molar-refractivity contribution in [3.8, 4) is 22.3 Å². The van der Waals surface area contributed by atoms with E-state index in [4.69, 9.17) is 0 Å². The average molecular weight is 478 g/mol. The van der Waals surface area contributed by atoms with Gasteiger partial charge in [0, 0.05) is 18.3 Å². The van der Waals surface area contributed by atoms with Crippen LogP contribution in [0.4, 0.5) is 0 Å². The highest BCUT2D eigenvalue weighted by molar-refractivity contribution is 5.96. The Balaban J connectivity index is 1.35. The molecule has 0 bridgehead atoms. The Kier molecular flexibility index (Phi) is 9.16. The Bertz CT molecular complexity index is 1420. The van der Waals surface area contributed by atoms with Crippen molar-refractivity contribution in [2.45, 2.75) is 6.42 Å². The molecular weight excluding hydrogens is 446 g/mol. The zero-order valence-corrected chi connectivity index (χ0v) is 21.0. The van der Waals surface area contributed by atoms with Crippen molar-refractivity contribution in [2.24, 2.45) is 4.99 Å². The molecule has 0 fully saturated rings. The molecule has 0 saturated heterocycles. The van der Waals surface area contributed by atoms with E-state index in [9.17, 15) is 0 Å². The molecule has 0 radical (unpaired) electrons. The minimum Gasteiger partial charge on any atom is -0.261 e. The van der Waals surface area contributed by atoms with Crippen LogP contribution in [-0.4, -0.2) is 5.71 Å². The number of nitrogens with zero attached hydrogens (tertiary/aromatic N) is 1. The lowest BCUT2D eigenvalue weighted by Crippen LogP contribution is -1.88. The van der Waals surface area contributed by atoms with Crippen LogP contribution in [0, 0.1) is 0 Å². The van der Waals surface area contributed by atoms with Crippen molar-refractivity contribution in [1.29, 1.82) is 0 Å². The molecule has 4 aromatic carbocycles. The minimum atomic E-state index is 0.716. The number of allylic oxidation sites excluding steroid dienone is 6. The zero-order valence-electron chi connectivity index (χ0n) is 21.0. The van der Waals surface area contributed by atoms with Crippen molar-refractivity contribution < 1.29 is 0 Å². The third kappa shape index (κ3) is 7.37. The van der Waals surface area contributed by atoms with E-state index in [-0.39, 0.29) is 0 Å². The van der Waals surface area contributed by atoms with E-state index in [1.165, 1.54) is 22.3 Å². The van der Waals surface area contributed by atoms with Gasteiger partial charge in [-0.3, -0.25) is 4.99 Å². The molecule has 0 spiro atoms. The lowest BCUT2D eigenvalue weighted by Gasteiger charge is -2.05. The third-order valence-electron chi connectivity index (χ3n) is 6.04. The van der Waals surface area contributed by atoms with E-state index in [1.54, 1.807) is 12.3 Å². The number of hydrogen-bond donors (Lipinski definition) is 0. The first-order chi connectivity index (χ1) is 18.3. The Hall–Kier alpha value is -4.75. The predicted molar refractivity (Wildman–Crippen MR) is 162 cm³/mol. The Morgan fingerprint density at radius 1 is 0.622 bits per heavy atom. The van der Waals surface area contributed by atoms with Crippen LogP contribution in [0.15, 0.2) is 164 Å².